The molecular weight excluding hydrogens is 510 g/mol. The second kappa shape index (κ2) is 13.5. The summed E-state index contributed by atoms with van der Waals surface area (Å²) in [6.45, 7) is 0.392. The lowest BCUT2D eigenvalue weighted by molar-refractivity contribution is 0.0986. The molecule has 0 unspecified atom stereocenters. The molecule has 3 aromatic rings. The van der Waals surface area contributed by atoms with Crippen LogP contribution in [0.2, 0.25) is 5.02 Å². The third kappa shape index (κ3) is 6.63. The fourth-order valence-electron chi connectivity index (χ4n) is 3.86. The second-order valence-corrected chi connectivity index (χ2v) is 8.44. The predicted molar refractivity (Wildman–Crippen MR) is 150 cm³/mol. The SMILES string of the molecule is COc1cc(NCCC(=O)c2ccc(OC)c(OC)c2)c(/C=C\c2cc(OC)c(OC)c(OC)c2)cc1Cl. The minimum absolute atomic E-state index is 0.0334. The van der Waals surface area contributed by atoms with Crippen molar-refractivity contribution < 1.29 is 33.2 Å². The smallest absolute Gasteiger partial charge is 0.203 e. The van der Waals surface area contributed by atoms with Crippen LogP contribution in [0.1, 0.15) is 27.9 Å². The zero-order valence-corrected chi connectivity index (χ0v) is 23.1. The number of benzene rings is 3. The van der Waals surface area contributed by atoms with Crippen LogP contribution >= 0.6 is 11.6 Å². The summed E-state index contributed by atoms with van der Waals surface area (Å²) in [4.78, 5) is 12.8. The van der Waals surface area contributed by atoms with Gasteiger partial charge in [-0.25, -0.2) is 0 Å². The van der Waals surface area contributed by atoms with Gasteiger partial charge in [-0.2, -0.15) is 0 Å². The number of rotatable bonds is 13. The Morgan fingerprint density at radius 2 is 1.37 bits per heavy atom. The van der Waals surface area contributed by atoms with Crippen molar-refractivity contribution in [2.45, 2.75) is 6.42 Å². The molecule has 202 valence electrons. The Bertz CT molecular complexity index is 1280. The zero-order chi connectivity index (χ0) is 27.7. The highest BCUT2D eigenvalue weighted by Gasteiger charge is 2.14. The molecule has 0 aliphatic heterocycles. The zero-order valence-electron chi connectivity index (χ0n) is 22.3. The van der Waals surface area contributed by atoms with Gasteiger partial charge < -0.3 is 33.7 Å². The molecule has 38 heavy (non-hydrogen) atoms. The number of methoxy groups -OCH3 is 6. The molecule has 8 nitrogen and oxygen atoms in total. The Hall–Kier alpha value is -4.04. The molecule has 3 aromatic carbocycles. The Balaban J connectivity index is 1.82. The van der Waals surface area contributed by atoms with E-state index in [1.165, 1.54) is 7.11 Å². The average molecular weight is 542 g/mol. The fraction of sp³-hybridized carbons (Fsp3) is 0.276. The molecule has 9 heteroatoms. The summed E-state index contributed by atoms with van der Waals surface area (Å²) in [5.41, 5.74) is 2.94. The monoisotopic (exact) mass is 541 g/mol. The molecule has 0 aliphatic carbocycles. The van der Waals surface area contributed by atoms with E-state index in [9.17, 15) is 4.79 Å². The minimum atomic E-state index is -0.0334. The molecule has 0 bridgehead atoms. The first kappa shape index (κ1) is 28.5. The number of Topliss-reactive ketones (excluding diaryl/α,β-unsaturated/α-hetero) is 1. The summed E-state index contributed by atoms with van der Waals surface area (Å²) in [6, 6.07) is 12.4. The highest BCUT2D eigenvalue weighted by molar-refractivity contribution is 6.32. The van der Waals surface area contributed by atoms with Gasteiger partial charge in [0, 0.05) is 30.3 Å². The van der Waals surface area contributed by atoms with Gasteiger partial charge in [0.05, 0.1) is 47.7 Å². The van der Waals surface area contributed by atoms with E-state index < -0.39 is 0 Å². The first-order valence-corrected chi connectivity index (χ1v) is 12.1. The van der Waals surface area contributed by atoms with Crippen molar-refractivity contribution in [3.63, 3.8) is 0 Å². The van der Waals surface area contributed by atoms with Gasteiger partial charge in [-0.15, -0.1) is 0 Å². The Morgan fingerprint density at radius 1 is 0.737 bits per heavy atom. The third-order valence-electron chi connectivity index (χ3n) is 5.84. The topological polar surface area (TPSA) is 84.5 Å². The van der Waals surface area contributed by atoms with Crippen LogP contribution in [-0.4, -0.2) is 55.0 Å². The number of nitrogens with one attached hydrogen (secondary N) is 1. The standard InChI is InChI=1S/C29H32ClNO7/c1-33-24-10-9-20(16-26(24)35-3)23(32)11-12-31-22-17-25(34-2)21(30)15-19(22)8-7-18-13-27(36-4)29(38-6)28(14-18)37-5/h7-10,13-17,31H,11-12H2,1-6H3/b8-7-. The first-order valence-electron chi connectivity index (χ1n) is 11.7. The number of anilines is 1. The number of hydrogen-bond acceptors (Lipinski definition) is 8. The van der Waals surface area contributed by atoms with Gasteiger partial charge in [0.2, 0.25) is 5.75 Å². The van der Waals surface area contributed by atoms with E-state index >= 15 is 0 Å². The molecule has 0 heterocycles. The van der Waals surface area contributed by atoms with Crippen LogP contribution in [0.4, 0.5) is 5.69 Å². The van der Waals surface area contributed by atoms with E-state index in [1.54, 1.807) is 65.9 Å². The van der Waals surface area contributed by atoms with Crippen molar-refractivity contribution in [3.8, 4) is 34.5 Å². The number of carbonyl (C=O) groups excluding carboxylic acids is 1. The van der Waals surface area contributed by atoms with Crippen LogP contribution in [0, 0.1) is 0 Å². The Kier molecular flexibility index (Phi) is 10.1. The summed E-state index contributed by atoms with van der Waals surface area (Å²) in [6.07, 6.45) is 4.07. The molecule has 0 spiro atoms. The summed E-state index contributed by atoms with van der Waals surface area (Å²) in [5, 5.41) is 3.79. The van der Waals surface area contributed by atoms with Gasteiger partial charge in [-0.05, 0) is 47.5 Å². The summed E-state index contributed by atoms with van der Waals surface area (Å²) < 4.78 is 32.3. The minimum Gasteiger partial charge on any atom is -0.495 e. The van der Waals surface area contributed by atoms with Crippen LogP contribution in [0.3, 0.4) is 0 Å². The highest BCUT2D eigenvalue weighted by atomic mass is 35.5. The largest absolute Gasteiger partial charge is 0.495 e. The average Bonchev–Trinajstić information content (AvgIpc) is 2.95. The summed E-state index contributed by atoms with van der Waals surface area (Å²) in [5.74, 6) is 3.17. The molecule has 0 fully saturated rings. The molecule has 3 rings (SSSR count). The maximum absolute atomic E-state index is 12.8. The van der Waals surface area contributed by atoms with E-state index in [0.717, 1.165) is 16.8 Å². The highest BCUT2D eigenvalue weighted by Crippen LogP contribution is 2.39. The fourth-order valence-corrected chi connectivity index (χ4v) is 4.11. The van der Waals surface area contributed by atoms with Crippen molar-refractivity contribution in [1.82, 2.24) is 0 Å². The Labute approximate surface area is 228 Å². The lowest BCUT2D eigenvalue weighted by Crippen LogP contribution is -2.10. The number of ether oxygens (including phenoxy) is 6. The van der Waals surface area contributed by atoms with Crippen LogP contribution in [0.5, 0.6) is 34.5 Å². The third-order valence-corrected chi connectivity index (χ3v) is 6.13. The summed E-state index contributed by atoms with van der Waals surface area (Å²) >= 11 is 6.42. The van der Waals surface area contributed by atoms with Crippen LogP contribution < -0.4 is 33.7 Å². The second-order valence-electron chi connectivity index (χ2n) is 8.04. The summed E-state index contributed by atoms with van der Waals surface area (Å²) in [7, 11) is 9.34. The van der Waals surface area contributed by atoms with E-state index in [4.69, 9.17) is 40.0 Å². The maximum Gasteiger partial charge on any atom is 0.203 e. The molecule has 0 saturated carbocycles. The van der Waals surface area contributed by atoms with Gasteiger partial charge in [-0.3, -0.25) is 4.79 Å². The van der Waals surface area contributed by atoms with Gasteiger partial charge in [0.25, 0.3) is 0 Å². The van der Waals surface area contributed by atoms with Crippen molar-refractivity contribution in [3.05, 3.63) is 64.2 Å². The lowest BCUT2D eigenvalue weighted by Gasteiger charge is -2.14. The van der Waals surface area contributed by atoms with Crippen molar-refractivity contribution in [1.29, 1.82) is 0 Å². The van der Waals surface area contributed by atoms with Crippen LogP contribution in [-0.2, 0) is 0 Å². The van der Waals surface area contributed by atoms with Crippen molar-refractivity contribution >= 4 is 35.2 Å². The van der Waals surface area contributed by atoms with Crippen molar-refractivity contribution in [2.24, 2.45) is 0 Å². The first-order chi connectivity index (χ1) is 18.4. The number of hydrogen-bond donors (Lipinski definition) is 1. The normalized spacial score (nSPS) is 10.7. The van der Waals surface area contributed by atoms with Gasteiger partial charge >= 0.3 is 0 Å². The molecule has 0 aromatic heterocycles. The van der Waals surface area contributed by atoms with Gasteiger partial charge in [-0.1, -0.05) is 23.8 Å². The predicted octanol–water partition coefficient (Wildman–Crippen LogP) is 6.25. The Morgan fingerprint density at radius 3 is 1.95 bits per heavy atom. The molecule has 0 saturated heterocycles. The molecular formula is C29H32ClNO7. The van der Waals surface area contributed by atoms with Gasteiger partial charge in [0.1, 0.15) is 5.75 Å². The molecule has 0 radical (unpaired) electrons. The molecule has 0 amide bonds. The molecule has 0 aliphatic rings. The van der Waals surface area contributed by atoms with E-state index in [0.29, 0.717) is 51.6 Å². The van der Waals surface area contributed by atoms with E-state index in [-0.39, 0.29) is 12.2 Å². The van der Waals surface area contributed by atoms with Crippen molar-refractivity contribution in [2.75, 3.05) is 54.5 Å². The number of carbonyl (C=O) groups is 1. The molecule has 1 N–H and O–H groups in total. The molecule has 0 atom stereocenters. The number of halogens is 1. The maximum atomic E-state index is 12.8. The quantitative estimate of drug-likeness (QED) is 0.201. The van der Waals surface area contributed by atoms with Gasteiger partial charge in [0.15, 0.2) is 28.8 Å². The van der Waals surface area contributed by atoms with Crippen LogP contribution in [0.15, 0.2) is 42.5 Å². The van der Waals surface area contributed by atoms with E-state index in [2.05, 4.69) is 5.32 Å². The van der Waals surface area contributed by atoms with E-state index in [1.807, 2.05) is 24.3 Å². The number of ketones is 1. The lowest BCUT2D eigenvalue weighted by atomic mass is 10.1. The van der Waals surface area contributed by atoms with Crippen LogP contribution in [0.25, 0.3) is 12.2 Å².